The molecule has 0 heterocycles. The Morgan fingerprint density at radius 2 is 2.10 bits per heavy atom. The third-order valence-corrected chi connectivity index (χ3v) is 4.29. The molecule has 0 saturated heterocycles. The van der Waals surface area contributed by atoms with Crippen LogP contribution in [0, 0.1) is 11.8 Å². The van der Waals surface area contributed by atoms with Gasteiger partial charge in [-0.25, -0.2) is 0 Å². The van der Waals surface area contributed by atoms with Crippen LogP contribution < -0.4 is 0 Å². The molecule has 4 atom stereocenters. The maximum absolute atomic E-state index is 9.79. The van der Waals surface area contributed by atoms with Crippen molar-refractivity contribution in [3.8, 4) is 0 Å². The Bertz CT molecular complexity index is 155. The van der Waals surface area contributed by atoms with Crippen molar-refractivity contribution in [1.29, 1.82) is 0 Å². The Kier molecular flexibility index (Phi) is 1.41. The second kappa shape index (κ2) is 1.98. The molecule has 58 valence electrons. The highest BCUT2D eigenvalue weighted by Crippen LogP contribution is 2.54. The minimum absolute atomic E-state index is 0.337. The van der Waals surface area contributed by atoms with E-state index in [4.69, 9.17) is 0 Å². The molecule has 2 aliphatic carbocycles. The minimum Gasteiger partial charge on any atom is -0.389 e. The van der Waals surface area contributed by atoms with E-state index in [9.17, 15) is 5.11 Å². The molecular formula is C8H13BrO. The van der Waals surface area contributed by atoms with Gasteiger partial charge in [0.15, 0.2) is 0 Å². The van der Waals surface area contributed by atoms with Gasteiger partial charge in [-0.1, -0.05) is 15.9 Å². The number of fused-ring (bicyclic) bond motifs is 1. The van der Waals surface area contributed by atoms with E-state index in [1.807, 2.05) is 6.92 Å². The van der Waals surface area contributed by atoms with E-state index in [-0.39, 0.29) is 0 Å². The molecule has 0 bridgehead atoms. The lowest BCUT2D eigenvalue weighted by Crippen LogP contribution is -2.38. The lowest BCUT2D eigenvalue weighted by atomic mass is 9.86. The molecule has 1 nitrogen and oxygen atoms in total. The molecule has 0 radical (unpaired) electrons. The van der Waals surface area contributed by atoms with E-state index in [2.05, 4.69) is 15.9 Å². The minimum atomic E-state index is -0.433. The molecule has 0 aliphatic heterocycles. The van der Waals surface area contributed by atoms with Crippen LogP contribution in [-0.2, 0) is 0 Å². The second-order valence-electron chi connectivity index (χ2n) is 4.02. The predicted octanol–water partition coefficient (Wildman–Crippen LogP) is 1.93. The molecule has 4 unspecified atom stereocenters. The van der Waals surface area contributed by atoms with Crippen LogP contribution in [-0.4, -0.2) is 15.5 Å². The molecule has 1 N–H and O–H groups in total. The van der Waals surface area contributed by atoms with E-state index in [0.717, 1.165) is 18.3 Å². The summed E-state index contributed by atoms with van der Waals surface area (Å²) in [5.41, 5.74) is -0.433. The Labute approximate surface area is 69.9 Å². The van der Waals surface area contributed by atoms with Crippen molar-refractivity contribution in [1.82, 2.24) is 0 Å². The number of hydrogen-bond acceptors (Lipinski definition) is 1. The fourth-order valence-corrected chi connectivity index (χ4v) is 2.69. The van der Waals surface area contributed by atoms with Gasteiger partial charge in [0, 0.05) is 4.83 Å². The van der Waals surface area contributed by atoms with Crippen molar-refractivity contribution in [3.63, 3.8) is 0 Å². The van der Waals surface area contributed by atoms with Gasteiger partial charge in [0.25, 0.3) is 0 Å². The lowest BCUT2D eigenvalue weighted by Gasteiger charge is -2.32. The molecule has 0 spiro atoms. The number of halogens is 1. The van der Waals surface area contributed by atoms with Crippen LogP contribution in [0.5, 0.6) is 0 Å². The van der Waals surface area contributed by atoms with Gasteiger partial charge in [-0.05, 0) is 38.0 Å². The molecule has 2 rings (SSSR count). The fraction of sp³-hybridized carbons (Fsp3) is 1.00. The summed E-state index contributed by atoms with van der Waals surface area (Å²) in [4.78, 5) is 0.337. The van der Waals surface area contributed by atoms with Crippen LogP contribution in [0.3, 0.4) is 0 Å². The summed E-state index contributed by atoms with van der Waals surface area (Å²) in [7, 11) is 0. The van der Waals surface area contributed by atoms with Crippen molar-refractivity contribution in [2.24, 2.45) is 11.8 Å². The Hall–Kier alpha value is 0.440. The van der Waals surface area contributed by atoms with E-state index in [1.165, 1.54) is 12.8 Å². The molecular weight excluding hydrogens is 192 g/mol. The molecule has 2 saturated carbocycles. The normalized spacial score (nSPS) is 59.7. The molecule has 2 aliphatic rings. The van der Waals surface area contributed by atoms with E-state index in [0.29, 0.717) is 4.83 Å². The van der Waals surface area contributed by atoms with Gasteiger partial charge in [0.1, 0.15) is 0 Å². The smallest absolute Gasteiger partial charge is 0.0747 e. The Morgan fingerprint density at radius 1 is 1.40 bits per heavy atom. The van der Waals surface area contributed by atoms with E-state index < -0.39 is 5.60 Å². The fourth-order valence-electron chi connectivity index (χ4n) is 2.03. The number of hydrogen-bond donors (Lipinski definition) is 1. The highest BCUT2D eigenvalue weighted by molar-refractivity contribution is 9.09. The largest absolute Gasteiger partial charge is 0.389 e. The molecule has 2 fully saturated rings. The Morgan fingerprint density at radius 3 is 2.70 bits per heavy atom. The highest BCUT2D eigenvalue weighted by Gasteiger charge is 2.50. The van der Waals surface area contributed by atoms with Crippen LogP contribution in [0.1, 0.15) is 26.2 Å². The predicted molar refractivity (Wildman–Crippen MR) is 44.2 cm³/mol. The first-order chi connectivity index (χ1) is 4.59. The van der Waals surface area contributed by atoms with Crippen LogP contribution in [0.25, 0.3) is 0 Å². The number of rotatable bonds is 0. The number of alkyl halides is 1. The molecule has 0 amide bonds. The first-order valence-electron chi connectivity index (χ1n) is 3.96. The second-order valence-corrected chi connectivity index (χ2v) is 5.13. The van der Waals surface area contributed by atoms with Crippen LogP contribution >= 0.6 is 15.9 Å². The zero-order valence-electron chi connectivity index (χ0n) is 6.18. The van der Waals surface area contributed by atoms with Crippen LogP contribution in [0.15, 0.2) is 0 Å². The van der Waals surface area contributed by atoms with Crippen molar-refractivity contribution in [2.75, 3.05) is 0 Å². The molecule has 0 aromatic carbocycles. The zero-order valence-corrected chi connectivity index (χ0v) is 7.76. The average Bonchev–Trinajstić information content (AvgIpc) is 2.44. The van der Waals surface area contributed by atoms with Crippen molar-refractivity contribution >= 4 is 15.9 Å². The lowest BCUT2D eigenvalue weighted by molar-refractivity contribution is 0.0271. The summed E-state index contributed by atoms with van der Waals surface area (Å²) >= 11 is 3.53. The third kappa shape index (κ3) is 1.02. The van der Waals surface area contributed by atoms with Crippen LogP contribution in [0.2, 0.25) is 0 Å². The summed E-state index contributed by atoms with van der Waals surface area (Å²) in [5.74, 6) is 1.79. The molecule has 0 aromatic rings. The van der Waals surface area contributed by atoms with Crippen LogP contribution in [0.4, 0.5) is 0 Å². The average molecular weight is 205 g/mol. The van der Waals surface area contributed by atoms with Gasteiger partial charge in [0.05, 0.1) is 5.60 Å². The summed E-state index contributed by atoms with van der Waals surface area (Å²) in [6.07, 6.45) is 3.55. The number of aliphatic hydroxyl groups is 1. The molecule has 10 heavy (non-hydrogen) atoms. The summed E-state index contributed by atoms with van der Waals surface area (Å²) < 4.78 is 0. The molecule has 2 heteroatoms. The van der Waals surface area contributed by atoms with E-state index in [1.54, 1.807) is 0 Å². The van der Waals surface area contributed by atoms with Gasteiger partial charge in [-0.3, -0.25) is 0 Å². The van der Waals surface area contributed by atoms with Gasteiger partial charge < -0.3 is 5.11 Å². The zero-order chi connectivity index (χ0) is 7.35. The van der Waals surface area contributed by atoms with Crippen molar-refractivity contribution in [2.45, 2.75) is 36.6 Å². The van der Waals surface area contributed by atoms with E-state index >= 15 is 0 Å². The summed E-state index contributed by atoms with van der Waals surface area (Å²) in [6.45, 7) is 1.95. The SMILES string of the molecule is CC1(O)CC2CC2CC1Br. The first kappa shape index (κ1) is 7.11. The summed E-state index contributed by atoms with van der Waals surface area (Å²) in [5, 5.41) is 9.79. The van der Waals surface area contributed by atoms with Gasteiger partial charge in [-0.15, -0.1) is 0 Å². The molecule has 0 aromatic heterocycles. The topological polar surface area (TPSA) is 20.2 Å². The van der Waals surface area contributed by atoms with Crippen molar-refractivity contribution < 1.29 is 5.11 Å². The summed E-state index contributed by atoms with van der Waals surface area (Å²) in [6, 6.07) is 0. The van der Waals surface area contributed by atoms with Gasteiger partial charge in [0.2, 0.25) is 0 Å². The monoisotopic (exact) mass is 204 g/mol. The standard InChI is InChI=1S/C8H13BrO/c1-8(10)4-6-2-5(6)3-7(8)9/h5-7,10H,2-4H2,1H3. The van der Waals surface area contributed by atoms with Crippen molar-refractivity contribution in [3.05, 3.63) is 0 Å². The quantitative estimate of drug-likeness (QED) is 0.599. The van der Waals surface area contributed by atoms with Gasteiger partial charge in [-0.2, -0.15) is 0 Å². The maximum Gasteiger partial charge on any atom is 0.0747 e. The Balaban J connectivity index is 2.08. The third-order valence-electron chi connectivity index (χ3n) is 2.93. The highest BCUT2D eigenvalue weighted by atomic mass is 79.9. The first-order valence-corrected chi connectivity index (χ1v) is 4.87. The maximum atomic E-state index is 9.79. The van der Waals surface area contributed by atoms with Gasteiger partial charge >= 0.3 is 0 Å².